The van der Waals surface area contributed by atoms with Crippen molar-refractivity contribution >= 4 is 5.91 Å². The Kier molecular flexibility index (Phi) is 6.23. The average molecular weight is 468 g/mol. The first-order valence-corrected chi connectivity index (χ1v) is 10.6. The quantitative estimate of drug-likeness (QED) is 0.452. The number of rotatable bonds is 6. The van der Waals surface area contributed by atoms with E-state index in [1.165, 1.54) is 17.1 Å². The average Bonchev–Trinajstić information content (AvgIpc) is 3.43. The number of carbonyl (C=O) groups excluding carboxylic acids is 1. The van der Waals surface area contributed by atoms with Crippen LogP contribution < -0.4 is 5.32 Å². The van der Waals surface area contributed by atoms with E-state index in [1.54, 1.807) is 30.9 Å². The largest absolute Gasteiger partial charge is 0.416 e. The van der Waals surface area contributed by atoms with Gasteiger partial charge in [0.25, 0.3) is 0 Å². The van der Waals surface area contributed by atoms with Crippen LogP contribution in [0.4, 0.5) is 13.2 Å². The predicted octanol–water partition coefficient (Wildman–Crippen LogP) is 4.51. The van der Waals surface area contributed by atoms with Gasteiger partial charge in [-0.1, -0.05) is 18.2 Å². The summed E-state index contributed by atoms with van der Waals surface area (Å²) >= 11 is 0. The van der Waals surface area contributed by atoms with Gasteiger partial charge in [0.1, 0.15) is 12.7 Å². The maximum Gasteiger partial charge on any atom is 0.416 e. The molecule has 7 nitrogen and oxygen atoms in total. The van der Waals surface area contributed by atoms with Crippen LogP contribution in [0.15, 0.2) is 61.2 Å². The highest BCUT2D eigenvalue weighted by Gasteiger charge is 2.31. The van der Waals surface area contributed by atoms with E-state index < -0.39 is 11.7 Å². The Morgan fingerprint density at radius 2 is 1.82 bits per heavy atom. The predicted molar refractivity (Wildman–Crippen MR) is 120 cm³/mol. The number of aromatic nitrogens is 5. The van der Waals surface area contributed by atoms with Crippen molar-refractivity contribution in [1.82, 2.24) is 29.9 Å². The Morgan fingerprint density at radius 1 is 1.09 bits per heavy atom. The second-order valence-corrected chi connectivity index (χ2v) is 8.01. The van der Waals surface area contributed by atoms with Crippen LogP contribution in [-0.2, 0) is 17.4 Å². The first kappa shape index (κ1) is 23.2. The summed E-state index contributed by atoms with van der Waals surface area (Å²) in [6.07, 6.45) is -1.32. The van der Waals surface area contributed by atoms with Crippen LogP contribution in [0, 0.1) is 13.8 Å². The van der Waals surface area contributed by atoms with Crippen molar-refractivity contribution in [2.24, 2.45) is 0 Å². The Morgan fingerprint density at radius 3 is 2.47 bits per heavy atom. The fourth-order valence-electron chi connectivity index (χ4n) is 3.79. The van der Waals surface area contributed by atoms with Gasteiger partial charge in [0, 0.05) is 11.3 Å². The van der Waals surface area contributed by atoms with E-state index in [4.69, 9.17) is 0 Å². The van der Waals surface area contributed by atoms with Crippen LogP contribution in [0.5, 0.6) is 0 Å². The molecule has 1 unspecified atom stereocenters. The molecule has 2 aromatic carbocycles. The molecule has 0 spiro atoms. The van der Waals surface area contributed by atoms with Crippen LogP contribution in [0.1, 0.15) is 41.0 Å². The molecule has 176 valence electrons. The Balaban J connectivity index is 1.47. The summed E-state index contributed by atoms with van der Waals surface area (Å²) in [6, 6.07) is 12.3. The van der Waals surface area contributed by atoms with E-state index in [-0.39, 0.29) is 18.4 Å². The number of aryl methyl sites for hydroxylation is 1. The number of halogens is 3. The minimum absolute atomic E-state index is 0.0675. The Labute approximate surface area is 194 Å². The highest BCUT2D eigenvalue weighted by Crippen LogP contribution is 2.31. The van der Waals surface area contributed by atoms with Crippen molar-refractivity contribution in [3.8, 4) is 11.4 Å². The lowest BCUT2D eigenvalue weighted by molar-refractivity contribution is -0.137. The smallest absolute Gasteiger partial charge is 0.349 e. The number of nitrogens with zero attached hydrogens (tertiary/aromatic N) is 5. The zero-order chi connectivity index (χ0) is 24.5. The van der Waals surface area contributed by atoms with Gasteiger partial charge in [-0.15, -0.1) is 0 Å². The van der Waals surface area contributed by atoms with Crippen molar-refractivity contribution in [3.05, 3.63) is 89.3 Å². The normalized spacial score (nSPS) is 12.5. The number of carbonyl (C=O) groups is 1. The first-order valence-electron chi connectivity index (χ1n) is 10.6. The highest BCUT2D eigenvalue weighted by molar-refractivity contribution is 5.79. The van der Waals surface area contributed by atoms with Gasteiger partial charge in [-0.25, -0.2) is 14.3 Å². The topological polar surface area (TPSA) is 77.6 Å². The van der Waals surface area contributed by atoms with Gasteiger partial charge in [-0.2, -0.15) is 23.4 Å². The second kappa shape index (κ2) is 9.12. The van der Waals surface area contributed by atoms with E-state index in [2.05, 4.69) is 20.5 Å². The third kappa shape index (κ3) is 4.85. The Hall–Kier alpha value is -3.95. The zero-order valence-corrected chi connectivity index (χ0v) is 18.8. The molecule has 1 atom stereocenters. The molecule has 10 heteroatoms. The van der Waals surface area contributed by atoms with E-state index in [0.29, 0.717) is 22.6 Å². The lowest BCUT2D eigenvalue weighted by Crippen LogP contribution is -2.28. The number of alkyl halides is 3. The first-order chi connectivity index (χ1) is 16.1. The molecule has 0 bridgehead atoms. The fraction of sp³-hybridized carbons (Fsp3) is 0.250. The third-order valence-corrected chi connectivity index (χ3v) is 5.65. The van der Waals surface area contributed by atoms with Gasteiger partial charge in [0.2, 0.25) is 5.91 Å². The van der Waals surface area contributed by atoms with Crippen LogP contribution >= 0.6 is 0 Å². The summed E-state index contributed by atoms with van der Waals surface area (Å²) in [6.45, 7) is 5.37. The van der Waals surface area contributed by atoms with Gasteiger partial charge in [-0.3, -0.25) is 4.79 Å². The summed E-state index contributed by atoms with van der Waals surface area (Å²) in [7, 11) is 0. The van der Waals surface area contributed by atoms with Crippen molar-refractivity contribution in [1.29, 1.82) is 0 Å². The number of amides is 1. The summed E-state index contributed by atoms with van der Waals surface area (Å²) < 4.78 is 42.4. The molecule has 0 saturated heterocycles. The van der Waals surface area contributed by atoms with E-state index >= 15 is 0 Å². The standard InChI is InChI=1S/C24H23F3N6O/c1-15(18-7-9-20(10-8-18)32-14-28-13-29-32)30-23(34)12-22-16(2)31-33(17(22)3)21-6-4-5-19(11-21)24(25,26)27/h4-11,13-15H,12H2,1-3H3,(H,30,34). The van der Waals surface area contributed by atoms with Crippen LogP contribution in [0.2, 0.25) is 0 Å². The molecule has 2 heterocycles. The van der Waals surface area contributed by atoms with Crippen LogP contribution in [0.3, 0.4) is 0 Å². The van der Waals surface area contributed by atoms with Gasteiger partial charge in [-0.05, 0) is 56.7 Å². The molecule has 4 rings (SSSR count). The second-order valence-electron chi connectivity index (χ2n) is 8.01. The number of hydrogen-bond acceptors (Lipinski definition) is 4. The summed E-state index contributed by atoms with van der Waals surface area (Å²) in [4.78, 5) is 16.7. The van der Waals surface area contributed by atoms with Gasteiger partial charge in [0.05, 0.1) is 35.1 Å². The Bertz CT molecular complexity index is 1290. The molecule has 0 aliphatic heterocycles. The molecule has 0 fully saturated rings. The minimum Gasteiger partial charge on any atom is -0.349 e. The van der Waals surface area contributed by atoms with E-state index in [1.807, 2.05) is 31.2 Å². The molecular weight excluding hydrogens is 445 g/mol. The molecule has 1 amide bonds. The number of nitrogens with one attached hydrogen (secondary N) is 1. The lowest BCUT2D eigenvalue weighted by atomic mass is 10.1. The highest BCUT2D eigenvalue weighted by atomic mass is 19.4. The summed E-state index contributed by atoms with van der Waals surface area (Å²) in [5, 5.41) is 11.4. The maximum absolute atomic E-state index is 13.1. The van der Waals surface area contributed by atoms with E-state index in [9.17, 15) is 18.0 Å². The number of hydrogen-bond donors (Lipinski definition) is 1. The molecule has 0 aliphatic rings. The van der Waals surface area contributed by atoms with Crippen molar-refractivity contribution in [2.45, 2.75) is 39.4 Å². The molecule has 34 heavy (non-hydrogen) atoms. The van der Waals surface area contributed by atoms with E-state index in [0.717, 1.165) is 23.4 Å². The molecule has 1 N–H and O–H groups in total. The van der Waals surface area contributed by atoms with Crippen molar-refractivity contribution in [3.63, 3.8) is 0 Å². The lowest BCUT2D eigenvalue weighted by Gasteiger charge is -2.15. The summed E-state index contributed by atoms with van der Waals surface area (Å²) in [5.74, 6) is -0.206. The van der Waals surface area contributed by atoms with Gasteiger partial charge < -0.3 is 5.32 Å². The van der Waals surface area contributed by atoms with Gasteiger partial charge >= 0.3 is 6.18 Å². The van der Waals surface area contributed by atoms with Crippen LogP contribution in [-0.4, -0.2) is 30.5 Å². The minimum atomic E-state index is -4.45. The van der Waals surface area contributed by atoms with Crippen molar-refractivity contribution in [2.75, 3.05) is 0 Å². The molecule has 0 saturated carbocycles. The summed E-state index contributed by atoms with van der Waals surface area (Å²) in [5.41, 5.74) is 3.22. The fourth-order valence-corrected chi connectivity index (χ4v) is 3.79. The third-order valence-electron chi connectivity index (χ3n) is 5.65. The van der Waals surface area contributed by atoms with Crippen molar-refractivity contribution < 1.29 is 18.0 Å². The van der Waals surface area contributed by atoms with Gasteiger partial charge in [0.15, 0.2) is 0 Å². The molecule has 4 aromatic rings. The SMILES string of the molecule is Cc1nn(-c2cccc(C(F)(F)F)c2)c(C)c1CC(=O)NC(C)c1ccc(-n2cncn2)cc1. The molecule has 2 aromatic heterocycles. The molecular formula is C24H23F3N6O. The molecule has 0 aliphatic carbocycles. The monoisotopic (exact) mass is 468 g/mol. The molecule has 0 radical (unpaired) electrons. The number of benzene rings is 2. The maximum atomic E-state index is 13.1. The zero-order valence-electron chi connectivity index (χ0n) is 18.8. The van der Waals surface area contributed by atoms with Crippen LogP contribution in [0.25, 0.3) is 11.4 Å².